The standard InChI is InChI=1S/C21H21BrFN3O4S/c1-13-10-30-17-6-14(22)9-24-19(17)20(27)26(13)15-7-21(8-15)11-25(12-21)31(28,29)18-5-3-2-4-16(18)23/h2-6,9,13,15H,7-8,10-12H2,1H3/t13-/m1/s1. The molecular formula is C21H21BrFN3O4S. The van der Waals surface area contributed by atoms with Crippen LogP contribution in [0.5, 0.6) is 5.75 Å². The van der Waals surface area contributed by atoms with Crippen LogP contribution in [0.4, 0.5) is 4.39 Å². The van der Waals surface area contributed by atoms with Crippen LogP contribution in [0.25, 0.3) is 0 Å². The number of carbonyl (C=O) groups excluding carboxylic acids is 1. The smallest absolute Gasteiger partial charge is 0.276 e. The summed E-state index contributed by atoms with van der Waals surface area (Å²) in [6.07, 6.45) is 2.99. The average Bonchev–Trinajstić information content (AvgIpc) is 2.77. The monoisotopic (exact) mass is 509 g/mol. The van der Waals surface area contributed by atoms with E-state index in [0.29, 0.717) is 44.0 Å². The van der Waals surface area contributed by atoms with E-state index in [9.17, 15) is 17.6 Å². The molecule has 164 valence electrons. The van der Waals surface area contributed by atoms with Gasteiger partial charge in [-0.05, 0) is 53.9 Å². The van der Waals surface area contributed by atoms with Crippen molar-refractivity contribution in [2.24, 2.45) is 5.41 Å². The highest BCUT2D eigenvalue weighted by atomic mass is 79.9. The lowest BCUT2D eigenvalue weighted by molar-refractivity contribution is -0.0756. The van der Waals surface area contributed by atoms with Crippen molar-refractivity contribution in [2.75, 3.05) is 19.7 Å². The Kier molecular flexibility index (Phi) is 4.87. The van der Waals surface area contributed by atoms with Crippen LogP contribution in [0.3, 0.4) is 0 Å². The number of aromatic nitrogens is 1. The van der Waals surface area contributed by atoms with E-state index in [0.717, 1.165) is 10.5 Å². The van der Waals surface area contributed by atoms with Gasteiger partial charge in [0.15, 0.2) is 11.4 Å². The maximum Gasteiger partial charge on any atom is 0.276 e. The van der Waals surface area contributed by atoms with Gasteiger partial charge >= 0.3 is 0 Å². The summed E-state index contributed by atoms with van der Waals surface area (Å²) in [5.41, 5.74) is 0.137. The maximum atomic E-state index is 14.0. The minimum atomic E-state index is -3.85. The summed E-state index contributed by atoms with van der Waals surface area (Å²) in [4.78, 5) is 19.0. The first-order valence-electron chi connectivity index (χ1n) is 10.1. The summed E-state index contributed by atoms with van der Waals surface area (Å²) >= 11 is 3.35. The summed E-state index contributed by atoms with van der Waals surface area (Å²) in [5.74, 6) is -0.437. The molecule has 2 fully saturated rings. The zero-order valence-corrected chi connectivity index (χ0v) is 19.2. The molecule has 31 heavy (non-hydrogen) atoms. The Balaban J connectivity index is 1.29. The first kappa shape index (κ1) is 20.8. The van der Waals surface area contributed by atoms with E-state index in [1.807, 2.05) is 11.8 Å². The first-order valence-corrected chi connectivity index (χ1v) is 12.3. The number of fused-ring (bicyclic) bond motifs is 1. The van der Waals surface area contributed by atoms with Crippen molar-refractivity contribution in [3.63, 3.8) is 0 Å². The largest absolute Gasteiger partial charge is 0.489 e. The average molecular weight is 510 g/mol. The van der Waals surface area contributed by atoms with Crippen molar-refractivity contribution in [3.05, 3.63) is 52.5 Å². The topological polar surface area (TPSA) is 79.8 Å². The van der Waals surface area contributed by atoms with Gasteiger partial charge in [0, 0.05) is 35.2 Å². The lowest BCUT2D eigenvalue weighted by Crippen LogP contribution is -2.68. The molecule has 1 aromatic heterocycles. The number of nitrogens with zero attached hydrogens (tertiary/aromatic N) is 3. The predicted octanol–water partition coefficient (Wildman–Crippen LogP) is 3.06. The number of halogens is 2. The van der Waals surface area contributed by atoms with Crippen molar-refractivity contribution in [3.8, 4) is 5.75 Å². The molecule has 1 aromatic carbocycles. The number of sulfonamides is 1. The number of hydrogen-bond donors (Lipinski definition) is 0. The van der Waals surface area contributed by atoms with E-state index in [2.05, 4.69) is 20.9 Å². The second kappa shape index (κ2) is 7.25. The summed E-state index contributed by atoms with van der Waals surface area (Å²) in [6.45, 7) is 3.00. The van der Waals surface area contributed by atoms with E-state index in [4.69, 9.17) is 4.74 Å². The van der Waals surface area contributed by atoms with E-state index in [1.165, 1.54) is 22.5 Å². The third kappa shape index (κ3) is 3.35. The molecule has 2 aliphatic heterocycles. The molecule has 0 radical (unpaired) electrons. The van der Waals surface area contributed by atoms with Crippen LogP contribution in [0, 0.1) is 11.2 Å². The SMILES string of the molecule is C[C@@H]1COc2cc(Br)cnc2C(=O)N1C1CC2(C1)CN(S(=O)(=O)c1ccccc1F)C2. The second-order valence-corrected chi connectivity index (χ2v) is 11.5. The molecule has 3 heterocycles. The van der Waals surface area contributed by atoms with Gasteiger partial charge in [-0.1, -0.05) is 12.1 Å². The molecule has 1 aliphatic carbocycles. The van der Waals surface area contributed by atoms with E-state index >= 15 is 0 Å². The highest BCUT2D eigenvalue weighted by molar-refractivity contribution is 9.10. The number of rotatable bonds is 3. The molecule has 1 spiro atoms. The molecule has 7 nitrogen and oxygen atoms in total. The number of hydrogen-bond acceptors (Lipinski definition) is 5. The Bertz CT molecular complexity index is 1160. The van der Waals surface area contributed by atoms with Crippen molar-refractivity contribution in [1.29, 1.82) is 0 Å². The van der Waals surface area contributed by atoms with Gasteiger partial charge in [0.25, 0.3) is 5.91 Å². The molecule has 10 heteroatoms. The predicted molar refractivity (Wildman–Crippen MR) is 114 cm³/mol. The maximum absolute atomic E-state index is 14.0. The molecule has 1 saturated heterocycles. The highest BCUT2D eigenvalue weighted by Crippen LogP contribution is 2.52. The Morgan fingerprint density at radius 2 is 1.97 bits per heavy atom. The van der Waals surface area contributed by atoms with Gasteiger partial charge in [-0.2, -0.15) is 4.31 Å². The zero-order valence-electron chi connectivity index (χ0n) is 16.8. The Morgan fingerprint density at radius 1 is 1.26 bits per heavy atom. The minimum Gasteiger partial charge on any atom is -0.489 e. The van der Waals surface area contributed by atoms with Crippen molar-refractivity contribution >= 4 is 31.9 Å². The molecule has 1 saturated carbocycles. The van der Waals surface area contributed by atoms with Gasteiger partial charge in [0.2, 0.25) is 10.0 Å². The number of benzene rings is 1. The lowest BCUT2D eigenvalue weighted by atomic mass is 9.61. The van der Waals surface area contributed by atoms with Crippen LogP contribution in [-0.2, 0) is 10.0 Å². The summed E-state index contributed by atoms with van der Waals surface area (Å²) in [7, 11) is -3.85. The van der Waals surface area contributed by atoms with E-state index in [-0.39, 0.29) is 28.3 Å². The third-order valence-corrected chi connectivity index (χ3v) is 8.68. The Morgan fingerprint density at radius 3 is 2.68 bits per heavy atom. The van der Waals surface area contributed by atoms with Crippen LogP contribution in [-0.4, -0.2) is 60.3 Å². The lowest BCUT2D eigenvalue weighted by Gasteiger charge is -2.60. The Hall–Kier alpha value is -2.04. The summed E-state index contributed by atoms with van der Waals surface area (Å²) in [6, 6.07) is 7.05. The van der Waals surface area contributed by atoms with Crippen LogP contribution in [0.1, 0.15) is 30.3 Å². The number of amides is 1. The normalized spacial score (nSPS) is 23.5. The third-order valence-electron chi connectivity index (χ3n) is 6.42. The van der Waals surface area contributed by atoms with Gasteiger partial charge in [-0.15, -0.1) is 0 Å². The van der Waals surface area contributed by atoms with E-state index in [1.54, 1.807) is 12.3 Å². The quantitative estimate of drug-likeness (QED) is 0.635. The Labute approximate surface area is 188 Å². The van der Waals surface area contributed by atoms with Crippen molar-refractivity contribution < 1.29 is 22.3 Å². The minimum absolute atomic E-state index is 0.000752. The molecule has 0 unspecified atom stereocenters. The van der Waals surface area contributed by atoms with Crippen LogP contribution >= 0.6 is 15.9 Å². The fraction of sp³-hybridized carbons (Fsp3) is 0.429. The number of carbonyl (C=O) groups is 1. The summed E-state index contributed by atoms with van der Waals surface area (Å²) in [5, 5.41) is 0. The van der Waals surface area contributed by atoms with Gasteiger partial charge in [0.1, 0.15) is 17.3 Å². The van der Waals surface area contributed by atoms with Gasteiger partial charge in [-0.3, -0.25) is 4.79 Å². The zero-order chi connectivity index (χ0) is 22.0. The fourth-order valence-electron chi connectivity index (χ4n) is 4.89. The fourth-order valence-corrected chi connectivity index (χ4v) is 6.93. The van der Waals surface area contributed by atoms with Crippen LogP contribution in [0.15, 0.2) is 45.9 Å². The molecule has 5 rings (SSSR count). The molecule has 3 aliphatic rings. The van der Waals surface area contributed by atoms with Gasteiger partial charge < -0.3 is 9.64 Å². The first-order chi connectivity index (χ1) is 14.7. The van der Waals surface area contributed by atoms with Gasteiger partial charge in [0.05, 0.1) is 6.04 Å². The van der Waals surface area contributed by atoms with Crippen molar-refractivity contribution in [1.82, 2.24) is 14.2 Å². The highest BCUT2D eigenvalue weighted by Gasteiger charge is 2.58. The molecule has 1 amide bonds. The molecular weight excluding hydrogens is 489 g/mol. The number of pyridine rings is 1. The van der Waals surface area contributed by atoms with E-state index < -0.39 is 15.8 Å². The molecule has 0 N–H and O–H groups in total. The molecule has 0 bridgehead atoms. The van der Waals surface area contributed by atoms with Crippen LogP contribution in [0.2, 0.25) is 0 Å². The van der Waals surface area contributed by atoms with Gasteiger partial charge in [-0.25, -0.2) is 17.8 Å². The second-order valence-electron chi connectivity index (χ2n) is 8.64. The summed E-state index contributed by atoms with van der Waals surface area (Å²) < 4.78 is 47.4. The van der Waals surface area contributed by atoms with Crippen LogP contribution < -0.4 is 4.74 Å². The molecule has 1 atom stereocenters. The number of ether oxygens (including phenoxy) is 1. The van der Waals surface area contributed by atoms with Crippen molar-refractivity contribution in [2.45, 2.75) is 36.7 Å². The molecule has 2 aromatic rings.